The fourth-order valence-electron chi connectivity index (χ4n) is 6.90. The summed E-state index contributed by atoms with van der Waals surface area (Å²) >= 11 is 0. The van der Waals surface area contributed by atoms with Gasteiger partial charge in [-0.3, -0.25) is 4.79 Å². The number of hydrogen-bond donors (Lipinski definition) is 1. The van der Waals surface area contributed by atoms with Crippen LogP contribution in [0.3, 0.4) is 0 Å². The molecule has 0 bridgehead atoms. The van der Waals surface area contributed by atoms with Gasteiger partial charge in [0, 0.05) is 50.2 Å². The van der Waals surface area contributed by atoms with Crippen LogP contribution in [0.1, 0.15) is 100 Å². The minimum atomic E-state index is -2.79. The third-order valence-corrected chi connectivity index (χ3v) is 13.3. The monoisotopic (exact) mass is 813 g/mol. The van der Waals surface area contributed by atoms with Gasteiger partial charge >= 0.3 is 26.8 Å². The maximum absolute atomic E-state index is 13.2. The zero-order valence-corrected chi connectivity index (χ0v) is 36.2. The second-order valence-electron chi connectivity index (χ2n) is 14.5. The minimum absolute atomic E-state index is 0.203. The lowest BCUT2D eigenvalue weighted by Crippen LogP contribution is -2.46. The molecule has 0 saturated heterocycles. The van der Waals surface area contributed by atoms with Crippen LogP contribution in [-0.4, -0.2) is 66.9 Å². The Labute approximate surface area is 344 Å². The Hall–Kier alpha value is -5.01. The molecule has 0 fully saturated rings. The smallest absolute Gasteiger partial charge is 0.497 e. The minimum Gasteiger partial charge on any atom is -0.497 e. The van der Waals surface area contributed by atoms with Gasteiger partial charge < -0.3 is 37.5 Å². The topological polar surface area (TPSA) is 128 Å². The van der Waals surface area contributed by atoms with E-state index in [1.54, 1.807) is 43.5 Å². The number of ether oxygens (including phenoxy) is 4. The first kappa shape index (κ1) is 45.7. The van der Waals surface area contributed by atoms with E-state index in [1.807, 2.05) is 81.4 Å². The summed E-state index contributed by atoms with van der Waals surface area (Å²) in [5, 5.41) is 2.82. The lowest BCUT2D eigenvalue weighted by molar-refractivity contribution is -0.131. The Morgan fingerprint density at radius 3 is 1.57 bits per heavy atom. The number of hydrogen-bond acceptors (Lipinski definition) is 10. The number of benzene rings is 4. The molecule has 12 heteroatoms. The fourth-order valence-corrected chi connectivity index (χ4v) is 9.52. The maximum atomic E-state index is 13.2. The van der Waals surface area contributed by atoms with Crippen LogP contribution in [0.4, 0.5) is 4.79 Å². The second kappa shape index (κ2) is 21.7. The van der Waals surface area contributed by atoms with E-state index in [2.05, 4.69) is 26.1 Å². The lowest BCUT2D eigenvalue weighted by atomic mass is 9.73. The van der Waals surface area contributed by atoms with Gasteiger partial charge in [0.2, 0.25) is 0 Å². The van der Waals surface area contributed by atoms with Crippen LogP contribution in [0.5, 0.6) is 17.2 Å². The number of esters is 2. The van der Waals surface area contributed by atoms with Gasteiger partial charge in [-0.05, 0) is 111 Å². The van der Waals surface area contributed by atoms with E-state index in [0.29, 0.717) is 68.7 Å². The molecule has 4 aromatic rings. The van der Waals surface area contributed by atoms with Crippen LogP contribution in [0.2, 0.25) is 6.04 Å². The van der Waals surface area contributed by atoms with Crippen molar-refractivity contribution in [2.24, 2.45) is 0 Å². The highest BCUT2D eigenvalue weighted by atomic mass is 28.4. The molecule has 0 spiro atoms. The maximum Gasteiger partial charge on any atom is 0.500 e. The van der Waals surface area contributed by atoms with Crippen LogP contribution >= 0.6 is 0 Å². The number of methoxy groups -OCH3 is 1. The highest BCUT2D eigenvalue weighted by Gasteiger charge is 2.39. The Kier molecular flexibility index (Phi) is 17.1. The Morgan fingerprint density at radius 1 is 0.621 bits per heavy atom. The predicted molar refractivity (Wildman–Crippen MR) is 226 cm³/mol. The summed E-state index contributed by atoms with van der Waals surface area (Å²) < 4.78 is 39.6. The highest BCUT2D eigenvalue weighted by molar-refractivity contribution is 6.60. The highest BCUT2D eigenvalue weighted by Crippen LogP contribution is 2.38. The summed E-state index contributed by atoms with van der Waals surface area (Å²) in [5.74, 6) is 0.797. The molecule has 0 aliphatic rings. The normalized spacial score (nSPS) is 12.6. The SMILES string of the molecule is CCO[Si](CCCNC(=O)OCCCC(C)(c1ccc(OC(C)=O)cc1)c1ccc(OC(=O)c2ccc(C(C)(C)c3ccc(OC)cc3)cc2)cc1)(OCC)OCC. The number of carbonyl (C=O) groups is 3. The molecule has 312 valence electrons. The van der Waals surface area contributed by atoms with Crippen molar-refractivity contribution in [2.45, 2.75) is 84.6 Å². The van der Waals surface area contributed by atoms with Gasteiger partial charge in [-0.1, -0.05) is 69.3 Å². The van der Waals surface area contributed by atoms with Crippen molar-refractivity contribution in [3.8, 4) is 17.2 Å². The molecule has 0 heterocycles. The molecule has 58 heavy (non-hydrogen) atoms. The molecule has 4 aromatic carbocycles. The van der Waals surface area contributed by atoms with Gasteiger partial charge in [-0.2, -0.15) is 0 Å². The van der Waals surface area contributed by atoms with Crippen LogP contribution < -0.4 is 19.5 Å². The molecular weight excluding hydrogens is 755 g/mol. The number of alkyl carbamates (subject to hydrolysis) is 1. The van der Waals surface area contributed by atoms with E-state index in [1.165, 1.54) is 6.92 Å². The average Bonchev–Trinajstić information content (AvgIpc) is 3.21. The molecule has 1 N–H and O–H groups in total. The number of amides is 1. The Morgan fingerprint density at radius 2 is 1.09 bits per heavy atom. The van der Waals surface area contributed by atoms with Gasteiger partial charge in [0.1, 0.15) is 17.2 Å². The first-order chi connectivity index (χ1) is 27.8. The number of rotatable bonds is 22. The molecule has 0 radical (unpaired) electrons. The average molecular weight is 814 g/mol. The second-order valence-corrected chi connectivity index (χ2v) is 17.3. The van der Waals surface area contributed by atoms with Gasteiger partial charge in [0.05, 0.1) is 19.3 Å². The molecule has 0 aliphatic carbocycles. The molecule has 1 amide bonds. The lowest BCUT2D eigenvalue weighted by Gasteiger charge is -2.31. The Balaban J connectivity index is 1.39. The summed E-state index contributed by atoms with van der Waals surface area (Å²) in [4.78, 5) is 37.4. The van der Waals surface area contributed by atoms with Crippen LogP contribution in [0.25, 0.3) is 0 Å². The van der Waals surface area contributed by atoms with Crippen molar-refractivity contribution >= 4 is 26.8 Å². The summed E-state index contributed by atoms with van der Waals surface area (Å²) in [6.45, 7) is 15.6. The summed E-state index contributed by atoms with van der Waals surface area (Å²) in [5.41, 5.74) is 3.75. The zero-order chi connectivity index (χ0) is 42.2. The van der Waals surface area contributed by atoms with Crippen molar-refractivity contribution in [3.63, 3.8) is 0 Å². The van der Waals surface area contributed by atoms with E-state index in [4.69, 9.17) is 32.2 Å². The standard InChI is InChI=1S/C46H59NO10Si/c1-9-53-58(54-10-2,55-11-3)33-13-31-47-44(50)52-32-12-30-46(7,38-20-26-41(27-21-38)56-34(4)48)39-22-28-42(29-23-39)57-43(49)35-14-16-36(17-15-35)45(5,6)37-18-24-40(51-8)25-19-37/h14-29H,9-13,30-33H2,1-8H3,(H,47,50). The van der Waals surface area contributed by atoms with E-state index >= 15 is 0 Å². The summed E-state index contributed by atoms with van der Waals surface area (Å²) in [6.07, 6.45) is 1.32. The molecule has 4 rings (SSSR count). The van der Waals surface area contributed by atoms with Crippen molar-refractivity contribution in [1.29, 1.82) is 0 Å². The quantitative estimate of drug-likeness (QED) is 0.0355. The largest absolute Gasteiger partial charge is 0.500 e. The van der Waals surface area contributed by atoms with Gasteiger partial charge in [0.15, 0.2) is 0 Å². The molecule has 0 saturated carbocycles. The van der Waals surface area contributed by atoms with Gasteiger partial charge in [-0.25, -0.2) is 9.59 Å². The molecule has 0 aromatic heterocycles. The zero-order valence-electron chi connectivity index (χ0n) is 35.2. The van der Waals surface area contributed by atoms with E-state index in [9.17, 15) is 14.4 Å². The fraction of sp³-hybridized carbons (Fsp3) is 0.413. The van der Waals surface area contributed by atoms with Gasteiger partial charge in [0.25, 0.3) is 0 Å². The molecule has 1 unspecified atom stereocenters. The molecular formula is C46H59NO10Si. The first-order valence-electron chi connectivity index (χ1n) is 20.0. The van der Waals surface area contributed by atoms with Crippen molar-refractivity contribution < 1.29 is 46.6 Å². The van der Waals surface area contributed by atoms with Crippen molar-refractivity contribution in [1.82, 2.24) is 5.32 Å². The molecule has 11 nitrogen and oxygen atoms in total. The number of carbonyl (C=O) groups excluding carboxylic acids is 3. The third kappa shape index (κ3) is 12.5. The first-order valence-corrected chi connectivity index (χ1v) is 21.9. The van der Waals surface area contributed by atoms with Gasteiger partial charge in [-0.15, -0.1) is 0 Å². The van der Waals surface area contributed by atoms with E-state index in [0.717, 1.165) is 28.0 Å². The van der Waals surface area contributed by atoms with Crippen molar-refractivity contribution in [2.75, 3.05) is 40.1 Å². The Bertz CT molecular complexity index is 1880. The van der Waals surface area contributed by atoms with E-state index < -0.39 is 32.3 Å². The van der Waals surface area contributed by atoms with Crippen molar-refractivity contribution in [3.05, 3.63) is 125 Å². The van der Waals surface area contributed by atoms with Crippen LogP contribution in [0, 0.1) is 0 Å². The predicted octanol–water partition coefficient (Wildman–Crippen LogP) is 9.42. The third-order valence-electron chi connectivity index (χ3n) is 10.2. The molecule has 0 aliphatic heterocycles. The number of nitrogens with one attached hydrogen (secondary N) is 1. The van der Waals surface area contributed by atoms with E-state index in [-0.39, 0.29) is 12.0 Å². The van der Waals surface area contributed by atoms with Crippen LogP contribution in [0.15, 0.2) is 97.1 Å². The molecule has 1 atom stereocenters. The summed E-state index contributed by atoms with van der Waals surface area (Å²) in [6, 6.07) is 30.9. The van der Waals surface area contributed by atoms with Crippen LogP contribution in [-0.2, 0) is 33.6 Å². The summed E-state index contributed by atoms with van der Waals surface area (Å²) in [7, 11) is -1.14.